The van der Waals surface area contributed by atoms with Crippen LogP contribution in [0, 0.1) is 0 Å². The van der Waals surface area contributed by atoms with Gasteiger partial charge in [0.05, 0.1) is 5.75 Å². The van der Waals surface area contributed by atoms with Crippen LogP contribution >= 0.6 is 23.1 Å². The molecule has 6 nitrogen and oxygen atoms in total. The molecule has 0 atom stereocenters. The highest BCUT2D eigenvalue weighted by atomic mass is 32.2. The number of thioether (sulfide) groups is 1. The third kappa shape index (κ3) is 4.61. The van der Waals surface area contributed by atoms with E-state index in [4.69, 9.17) is 4.74 Å². The highest BCUT2D eigenvalue weighted by molar-refractivity contribution is 8.14. The Labute approximate surface area is 153 Å². The Morgan fingerprint density at radius 3 is 2.84 bits per heavy atom. The largest absolute Gasteiger partial charge is 0.488 e. The topological polar surface area (TPSA) is 75.7 Å². The lowest BCUT2D eigenvalue weighted by atomic mass is 10.2. The molecule has 0 saturated carbocycles. The van der Waals surface area contributed by atoms with Crippen LogP contribution in [0.3, 0.4) is 0 Å². The van der Waals surface area contributed by atoms with Gasteiger partial charge in [-0.2, -0.15) is 0 Å². The van der Waals surface area contributed by atoms with Crippen LogP contribution in [-0.2, 0) is 11.4 Å². The summed E-state index contributed by atoms with van der Waals surface area (Å²) in [6.07, 6.45) is 0. The van der Waals surface area contributed by atoms with Crippen molar-refractivity contribution in [2.24, 2.45) is 0 Å². The number of nitrogens with one attached hydrogen (secondary N) is 1. The fraction of sp³-hybridized carbons (Fsp3) is 0.235. The van der Waals surface area contributed by atoms with Crippen LogP contribution in [-0.4, -0.2) is 40.8 Å². The van der Waals surface area contributed by atoms with E-state index < -0.39 is 0 Å². The highest BCUT2D eigenvalue weighted by Gasteiger charge is 2.29. The first-order valence-corrected chi connectivity index (χ1v) is 9.50. The standard InChI is InChI=1S/C17H16N2O4S2/c20-15-11-25-17(22)19(15)7-6-18-16(21)12-3-1-4-13(9-12)23-10-14-5-2-8-24-14/h1-5,8-9H,6-7,10-11H2,(H,18,21). The summed E-state index contributed by atoms with van der Waals surface area (Å²) in [4.78, 5) is 37.5. The second-order valence-corrected chi connectivity index (χ2v) is 7.21. The molecule has 0 aliphatic carbocycles. The highest BCUT2D eigenvalue weighted by Crippen LogP contribution is 2.18. The SMILES string of the molecule is O=C(NCCN1C(=O)CSC1=O)c1cccc(OCc2cccs2)c1. The van der Waals surface area contributed by atoms with E-state index in [1.54, 1.807) is 35.6 Å². The van der Waals surface area contributed by atoms with E-state index in [9.17, 15) is 14.4 Å². The molecule has 0 bridgehead atoms. The average molecular weight is 376 g/mol. The second kappa shape index (κ2) is 8.17. The van der Waals surface area contributed by atoms with Crippen molar-refractivity contribution in [1.82, 2.24) is 10.2 Å². The molecule has 1 saturated heterocycles. The summed E-state index contributed by atoms with van der Waals surface area (Å²) in [5.74, 6) is 0.306. The van der Waals surface area contributed by atoms with E-state index in [-0.39, 0.29) is 35.9 Å². The average Bonchev–Trinajstić information content (AvgIpc) is 3.25. The smallest absolute Gasteiger partial charge is 0.288 e. The molecular weight excluding hydrogens is 360 g/mol. The van der Waals surface area contributed by atoms with Crippen molar-refractivity contribution >= 4 is 40.2 Å². The monoisotopic (exact) mass is 376 g/mol. The second-order valence-electron chi connectivity index (χ2n) is 5.25. The maximum absolute atomic E-state index is 12.2. The van der Waals surface area contributed by atoms with Crippen LogP contribution in [0.5, 0.6) is 5.75 Å². The van der Waals surface area contributed by atoms with Gasteiger partial charge in [-0.25, -0.2) is 0 Å². The molecule has 1 aliphatic heterocycles. The number of nitrogens with zero attached hydrogens (tertiary/aromatic N) is 1. The molecule has 1 fully saturated rings. The van der Waals surface area contributed by atoms with E-state index in [1.807, 2.05) is 17.5 Å². The van der Waals surface area contributed by atoms with Gasteiger partial charge < -0.3 is 10.1 Å². The summed E-state index contributed by atoms with van der Waals surface area (Å²) in [5.41, 5.74) is 0.470. The number of ether oxygens (including phenoxy) is 1. The molecule has 1 aromatic heterocycles. The Balaban J connectivity index is 1.50. The molecule has 1 aliphatic rings. The molecule has 2 aromatic rings. The lowest BCUT2D eigenvalue weighted by Crippen LogP contribution is -2.37. The number of amides is 3. The van der Waals surface area contributed by atoms with Crippen LogP contribution in [0.4, 0.5) is 4.79 Å². The Kier molecular flexibility index (Phi) is 5.72. The predicted octanol–water partition coefficient (Wildman–Crippen LogP) is 2.75. The van der Waals surface area contributed by atoms with Crippen molar-refractivity contribution in [2.45, 2.75) is 6.61 Å². The van der Waals surface area contributed by atoms with Gasteiger partial charge in [0.1, 0.15) is 12.4 Å². The first-order valence-electron chi connectivity index (χ1n) is 7.64. The molecule has 3 amide bonds. The van der Waals surface area contributed by atoms with Gasteiger partial charge in [0.25, 0.3) is 11.1 Å². The number of rotatable bonds is 7. The zero-order chi connectivity index (χ0) is 17.6. The van der Waals surface area contributed by atoms with Crippen molar-refractivity contribution < 1.29 is 19.1 Å². The summed E-state index contributed by atoms with van der Waals surface area (Å²) in [6.45, 7) is 0.863. The maximum atomic E-state index is 12.2. The number of carbonyl (C=O) groups excluding carboxylic acids is 3. The van der Waals surface area contributed by atoms with E-state index in [0.29, 0.717) is 17.9 Å². The minimum Gasteiger partial charge on any atom is -0.488 e. The van der Waals surface area contributed by atoms with Crippen molar-refractivity contribution in [3.05, 3.63) is 52.2 Å². The minimum absolute atomic E-state index is 0.177. The number of benzene rings is 1. The third-order valence-corrected chi connectivity index (χ3v) is 5.23. The van der Waals surface area contributed by atoms with Gasteiger partial charge >= 0.3 is 0 Å². The summed E-state index contributed by atoms with van der Waals surface area (Å²) in [5, 5.41) is 4.44. The van der Waals surface area contributed by atoms with Crippen LogP contribution < -0.4 is 10.1 Å². The first-order chi connectivity index (χ1) is 12.1. The molecule has 25 heavy (non-hydrogen) atoms. The lowest BCUT2D eigenvalue weighted by Gasteiger charge is -2.13. The number of hydrogen-bond acceptors (Lipinski definition) is 6. The summed E-state index contributed by atoms with van der Waals surface area (Å²) in [6, 6.07) is 10.9. The number of carbonyl (C=O) groups is 3. The molecule has 8 heteroatoms. The van der Waals surface area contributed by atoms with Crippen LogP contribution in [0.2, 0.25) is 0 Å². The number of thiophene rings is 1. The minimum atomic E-state index is -0.270. The van der Waals surface area contributed by atoms with Crippen molar-refractivity contribution in [1.29, 1.82) is 0 Å². The lowest BCUT2D eigenvalue weighted by molar-refractivity contribution is -0.124. The molecular formula is C17H16N2O4S2. The Bertz CT molecular complexity index is 761. The van der Waals surface area contributed by atoms with E-state index in [1.165, 1.54) is 0 Å². The molecule has 130 valence electrons. The van der Waals surface area contributed by atoms with E-state index in [0.717, 1.165) is 21.5 Å². The van der Waals surface area contributed by atoms with Gasteiger partial charge in [0.15, 0.2) is 0 Å². The van der Waals surface area contributed by atoms with Crippen LogP contribution in [0.1, 0.15) is 15.2 Å². The Hall–Kier alpha value is -2.32. The van der Waals surface area contributed by atoms with Crippen molar-refractivity contribution in [2.75, 3.05) is 18.8 Å². The van der Waals surface area contributed by atoms with E-state index >= 15 is 0 Å². The summed E-state index contributed by atoms with van der Waals surface area (Å²) in [7, 11) is 0. The van der Waals surface area contributed by atoms with Gasteiger partial charge in [-0.3, -0.25) is 19.3 Å². The Morgan fingerprint density at radius 2 is 2.12 bits per heavy atom. The number of hydrogen-bond donors (Lipinski definition) is 1. The zero-order valence-electron chi connectivity index (χ0n) is 13.3. The van der Waals surface area contributed by atoms with Gasteiger partial charge in [-0.1, -0.05) is 23.9 Å². The number of imide groups is 1. The molecule has 2 heterocycles. The third-order valence-electron chi connectivity index (χ3n) is 3.52. The zero-order valence-corrected chi connectivity index (χ0v) is 14.9. The molecule has 0 radical (unpaired) electrons. The van der Waals surface area contributed by atoms with Crippen LogP contribution in [0.15, 0.2) is 41.8 Å². The fourth-order valence-electron chi connectivity index (χ4n) is 2.26. The van der Waals surface area contributed by atoms with Gasteiger partial charge in [-0.15, -0.1) is 11.3 Å². The molecule has 0 unspecified atom stereocenters. The van der Waals surface area contributed by atoms with Gasteiger partial charge in [0, 0.05) is 23.5 Å². The van der Waals surface area contributed by atoms with Gasteiger partial charge in [0.2, 0.25) is 5.91 Å². The predicted molar refractivity (Wildman–Crippen MR) is 97.0 cm³/mol. The van der Waals surface area contributed by atoms with E-state index in [2.05, 4.69) is 5.32 Å². The summed E-state index contributed by atoms with van der Waals surface area (Å²) < 4.78 is 5.69. The van der Waals surface area contributed by atoms with Gasteiger partial charge in [-0.05, 0) is 29.6 Å². The molecule has 1 N–H and O–H groups in total. The van der Waals surface area contributed by atoms with Crippen LogP contribution in [0.25, 0.3) is 0 Å². The summed E-state index contributed by atoms with van der Waals surface area (Å²) >= 11 is 2.59. The normalized spacial score (nSPS) is 14.0. The maximum Gasteiger partial charge on any atom is 0.288 e. The van der Waals surface area contributed by atoms with Crippen molar-refractivity contribution in [3.8, 4) is 5.75 Å². The quantitative estimate of drug-likeness (QED) is 0.804. The first kappa shape index (κ1) is 17.5. The molecule has 0 spiro atoms. The fourth-order valence-corrected chi connectivity index (χ4v) is 3.62. The Morgan fingerprint density at radius 1 is 1.24 bits per heavy atom. The van der Waals surface area contributed by atoms with Crippen molar-refractivity contribution in [3.63, 3.8) is 0 Å². The molecule has 1 aromatic carbocycles. The molecule has 3 rings (SSSR count).